The minimum atomic E-state index is -2.50. The van der Waals surface area contributed by atoms with E-state index >= 15 is 0 Å². The molecule has 1 saturated heterocycles. The van der Waals surface area contributed by atoms with Crippen molar-refractivity contribution in [3.05, 3.63) is 117 Å². The summed E-state index contributed by atoms with van der Waals surface area (Å²) in [5.74, 6) is 0. The summed E-state index contributed by atoms with van der Waals surface area (Å²) in [5, 5.41) is 8.12. The van der Waals surface area contributed by atoms with Gasteiger partial charge in [-0.05, 0) is 45.0 Å². The van der Waals surface area contributed by atoms with Crippen molar-refractivity contribution in [3.63, 3.8) is 0 Å². The van der Waals surface area contributed by atoms with Crippen molar-refractivity contribution in [1.82, 2.24) is 0 Å². The van der Waals surface area contributed by atoms with Gasteiger partial charge < -0.3 is 0 Å². The summed E-state index contributed by atoms with van der Waals surface area (Å²) in [5.41, 5.74) is 0. The van der Waals surface area contributed by atoms with E-state index < -0.39 is 15.2 Å². The molecule has 1 heterocycles. The number of rotatable bonds is 4. The van der Waals surface area contributed by atoms with Gasteiger partial charge in [-0.25, -0.2) is 0 Å². The summed E-state index contributed by atoms with van der Waals surface area (Å²) in [6.07, 6.45) is 0. The van der Waals surface area contributed by atoms with Crippen molar-refractivity contribution in [3.8, 4) is 0 Å². The van der Waals surface area contributed by atoms with Crippen molar-refractivity contribution in [2.45, 2.75) is 12.1 Å². The zero-order chi connectivity index (χ0) is 22.3. The molecule has 0 nitrogen and oxygen atoms in total. The maximum Gasteiger partial charge on any atom is 0.125 e. The number of hydrogen-bond donors (Lipinski definition) is 0. The molecule has 0 radical (unpaired) electrons. The van der Waals surface area contributed by atoms with Crippen LogP contribution in [0.25, 0.3) is 0 Å². The van der Waals surface area contributed by atoms with E-state index in [2.05, 4.69) is 48.5 Å². The van der Waals surface area contributed by atoms with Gasteiger partial charge in [-0.15, -0.1) is 0 Å². The van der Waals surface area contributed by atoms with Crippen LogP contribution < -0.4 is 20.7 Å². The summed E-state index contributed by atoms with van der Waals surface area (Å²) in [6, 6.07) is 35.2. The fraction of sp³-hybridized carbons (Fsp3) is 0.0769. The summed E-state index contributed by atoms with van der Waals surface area (Å²) in [4.78, 5) is 0. The van der Waals surface area contributed by atoms with Crippen LogP contribution in [0.5, 0.6) is 0 Å². The van der Waals surface area contributed by atoms with Crippen molar-refractivity contribution < 1.29 is 0 Å². The largest absolute Gasteiger partial charge is 0.125 e. The topological polar surface area (TPSA) is 0 Å². The first-order chi connectivity index (χ1) is 15.5. The lowest BCUT2D eigenvalue weighted by Crippen LogP contribution is -2.91. The Morgan fingerprint density at radius 1 is 0.375 bits per heavy atom. The summed E-state index contributed by atoms with van der Waals surface area (Å²) in [7, 11) is -5.00. The van der Waals surface area contributed by atoms with Gasteiger partial charge in [0.05, 0.1) is 0 Å². The van der Waals surface area contributed by atoms with E-state index in [0.29, 0.717) is 0 Å². The quantitative estimate of drug-likeness (QED) is 0.275. The molecule has 4 aromatic rings. The van der Waals surface area contributed by atoms with E-state index in [1.54, 1.807) is 0 Å². The van der Waals surface area contributed by atoms with Crippen molar-refractivity contribution in [1.29, 1.82) is 0 Å². The molecule has 0 aromatic heterocycles. The normalized spacial score (nSPS) is 16.4. The monoisotopic (exact) mass is 528 g/mol. The predicted molar refractivity (Wildman–Crippen MR) is 145 cm³/mol. The lowest BCUT2D eigenvalue weighted by atomic mass is 10.3. The molecule has 1 aliphatic heterocycles. The molecule has 5 rings (SSSR count). The van der Waals surface area contributed by atoms with Gasteiger partial charge in [0.1, 0.15) is 15.2 Å². The van der Waals surface area contributed by atoms with Gasteiger partial charge in [0.25, 0.3) is 0 Å². The van der Waals surface area contributed by atoms with E-state index in [1.807, 2.05) is 48.5 Å². The number of benzene rings is 4. The van der Waals surface area contributed by atoms with Gasteiger partial charge in [0.15, 0.2) is 0 Å². The second-order valence-electron chi connectivity index (χ2n) is 8.23. The third-order valence-corrected chi connectivity index (χ3v) is 27.4. The molecule has 0 saturated carbocycles. The fourth-order valence-electron chi connectivity index (χ4n) is 5.60. The fourth-order valence-corrected chi connectivity index (χ4v) is 29.1. The van der Waals surface area contributed by atoms with Gasteiger partial charge in [0.2, 0.25) is 0 Å². The Morgan fingerprint density at radius 2 is 0.594 bits per heavy atom. The molecule has 0 unspecified atom stereocenters. The Labute approximate surface area is 210 Å². The highest BCUT2D eigenvalue weighted by atomic mass is 35.5. The third kappa shape index (κ3) is 3.16. The van der Waals surface area contributed by atoms with Crippen molar-refractivity contribution in [2.75, 3.05) is 0 Å². The van der Waals surface area contributed by atoms with Gasteiger partial charge in [0, 0.05) is 20.1 Å². The average molecular weight is 530 g/mol. The molecular formula is C26H20Cl4Si2. The van der Waals surface area contributed by atoms with Crippen LogP contribution in [0.4, 0.5) is 0 Å². The molecule has 6 heteroatoms. The van der Waals surface area contributed by atoms with E-state index in [1.165, 1.54) is 20.7 Å². The number of hydrogen-bond acceptors (Lipinski definition) is 0. The van der Waals surface area contributed by atoms with Crippen LogP contribution in [0, 0.1) is 0 Å². The predicted octanol–water partition coefficient (Wildman–Crippen LogP) is 6.22. The van der Waals surface area contributed by atoms with Crippen molar-refractivity contribution >= 4 is 82.3 Å². The third-order valence-electron chi connectivity index (χ3n) is 6.94. The Morgan fingerprint density at radius 3 is 0.781 bits per heavy atom. The lowest BCUT2D eigenvalue weighted by Gasteiger charge is -2.58. The summed E-state index contributed by atoms with van der Waals surface area (Å²) in [6.45, 7) is 0. The lowest BCUT2D eigenvalue weighted by molar-refractivity contribution is 1.28. The smallest absolute Gasteiger partial charge is 0.0845 e. The van der Waals surface area contributed by atoms with E-state index in [4.69, 9.17) is 46.4 Å². The molecule has 32 heavy (non-hydrogen) atoms. The molecule has 0 bridgehead atoms. The molecule has 0 atom stereocenters. The average Bonchev–Trinajstić information content (AvgIpc) is 2.79. The molecule has 1 fully saturated rings. The Kier molecular flexibility index (Phi) is 6.04. The van der Waals surface area contributed by atoms with Gasteiger partial charge in [-0.2, -0.15) is 0 Å². The van der Waals surface area contributed by atoms with E-state index in [9.17, 15) is 0 Å². The van der Waals surface area contributed by atoms with Gasteiger partial charge in [-0.3, -0.25) is 0 Å². The second kappa shape index (κ2) is 8.68. The molecule has 4 aromatic carbocycles. The highest BCUT2D eigenvalue weighted by Crippen LogP contribution is 2.44. The Bertz CT molecular complexity index is 1110. The molecule has 0 N–H and O–H groups in total. The first kappa shape index (κ1) is 22.3. The maximum absolute atomic E-state index is 6.95. The first-order valence-electron chi connectivity index (χ1n) is 10.5. The minimum Gasteiger partial charge on any atom is -0.0845 e. The highest BCUT2D eigenvalue weighted by molar-refractivity contribution is 7.63. The Balaban J connectivity index is 1.96. The summed E-state index contributed by atoms with van der Waals surface area (Å²) >= 11 is 27.8. The van der Waals surface area contributed by atoms with Crippen molar-refractivity contribution in [2.24, 2.45) is 0 Å². The van der Waals surface area contributed by atoms with Gasteiger partial charge >= 0.3 is 0 Å². The second-order valence-corrected chi connectivity index (χ2v) is 21.8. The molecule has 0 aliphatic carbocycles. The van der Waals surface area contributed by atoms with Crippen LogP contribution >= 0.6 is 46.4 Å². The zero-order valence-electron chi connectivity index (χ0n) is 17.2. The molecule has 0 spiro atoms. The molecule has 0 amide bonds. The highest BCUT2D eigenvalue weighted by Gasteiger charge is 2.68. The van der Waals surface area contributed by atoms with Crippen LogP contribution in [-0.4, -0.2) is 15.2 Å². The standard InChI is InChI=1S/C26H20Cl4Si2/c27-19-9-1-5-13-23(19)31(24-14-6-2-10-20(24)28)17-18-32(31,25-15-7-3-11-21(25)29)26-16-8-4-12-22(26)30/h1-16H,17-18H2. The molecular weight excluding hydrogens is 510 g/mol. The van der Waals surface area contributed by atoms with E-state index in [0.717, 1.165) is 32.2 Å². The van der Waals surface area contributed by atoms with Gasteiger partial charge in [-0.1, -0.05) is 131 Å². The van der Waals surface area contributed by atoms with Crippen LogP contribution in [0.1, 0.15) is 0 Å². The number of halogens is 4. The van der Waals surface area contributed by atoms with Crippen LogP contribution in [-0.2, 0) is 0 Å². The van der Waals surface area contributed by atoms with Crippen LogP contribution in [0.2, 0.25) is 32.2 Å². The first-order valence-corrected chi connectivity index (χ1v) is 17.4. The summed E-state index contributed by atoms with van der Waals surface area (Å²) < 4.78 is 0. The van der Waals surface area contributed by atoms with Crippen LogP contribution in [0.3, 0.4) is 0 Å². The van der Waals surface area contributed by atoms with Crippen LogP contribution in [0.15, 0.2) is 97.1 Å². The van der Waals surface area contributed by atoms with E-state index in [-0.39, 0.29) is 0 Å². The molecule has 160 valence electrons. The molecule has 1 aliphatic rings. The zero-order valence-corrected chi connectivity index (χ0v) is 22.2. The Hall–Kier alpha value is -1.53. The maximum atomic E-state index is 6.95. The minimum absolute atomic E-state index is 0.801. The SMILES string of the molecule is Clc1ccccc1[Si]1(c2ccccc2Cl)CC[Si]1(c1ccccc1Cl)c1ccccc1Cl.